The molecule has 2 bridgehead atoms. The van der Waals surface area contributed by atoms with Gasteiger partial charge in [-0.15, -0.1) is 0 Å². The van der Waals surface area contributed by atoms with Crippen molar-refractivity contribution in [2.24, 2.45) is 0 Å². The van der Waals surface area contributed by atoms with Crippen molar-refractivity contribution in [3.05, 3.63) is 29.8 Å². The maximum Gasteiger partial charge on any atom is 0.137 e. The summed E-state index contributed by atoms with van der Waals surface area (Å²) < 4.78 is 11.2. The first kappa shape index (κ1) is 12.9. The molecule has 0 saturated carbocycles. The van der Waals surface area contributed by atoms with Gasteiger partial charge in [-0.1, -0.05) is 11.8 Å². The van der Waals surface area contributed by atoms with Crippen LogP contribution < -0.4 is 0 Å². The van der Waals surface area contributed by atoms with E-state index in [1.807, 2.05) is 12.1 Å². The van der Waals surface area contributed by atoms with Gasteiger partial charge in [0.25, 0.3) is 0 Å². The molecule has 6 heteroatoms. The predicted molar refractivity (Wildman–Crippen MR) is 67.4 cm³/mol. The molecule has 100 valence electrons. The van der Waals surface area contributed by atoms with E-state index in [1.54, 1.807) is 12.1 Å². The van der Waals surface area contributed by atoms with Crippen molar-refractivity contribution in [1.82, 2.24) is 0 Å². The standard InChI is InChI=1S/C13H13NO4S/c14-5-7-1-3-8(4-2-7)19-13-12-11(16)10(15)9(18-13)6-17-12/h1-4,9-13,15-16H,6H2/t9-,10-,11-,12+,13+/m1/s1. The number of ether oxygens (including phenoxy) is 2. The summed E-state index contributed by atoms with van der Waals surface area (Å²) in [7, 11) is 0. The van der Waals surface area contributed by atoms with Crippen LogP contribution in [0.2, 0.25) is 0 Å². The molecule has 3 fully saturated rings. The summed E-state index contributed by atoms with van der Waals surface area (Å²) in [5.41, 5.74) is 0.257. The zero-order valence-corrected chi connectivity index (χ0v) is 10.8. The van der Waals surface area contributed by atoms with Gasteiger partial charge in [-0.3, -0.25) is 0 Å². The Labute approximate surface area is 114 Å². The Bertz CT molecular complexity index is 498. The van der Waals surface area contributed by atoms with Crippen LogP contribution in [0, 0.1) is 11.3 Å². The molecule has 0 amide bonds. The lowest BCUT2D eigenvalue weighted by molar-refractivity contribution is -0.274. The van der Waals surface area contributed by atoms with Crippen molar-refractivity contribution in [1.29, 1.82) is 5.26 Å². The summed E-state index contributed by atoms with van der Waals surface area (Å²) >= 11 is 1.42. The minimum Gasteiger partial charge on any atom is -0.387 e. The van der Waals surface area contributed by atoms with Crippen molar-refractivity contribution in [2.45, 2.75) is 34.7 Å². The molecule has 19 heavy (non-hydrogen) atoms. The third-order valence-corrected chi connectivity index (χ3v) is 4.49. The first-order valence-electron chi connectivity index (χ1n) is 5.99. The molecule has 0 unspecified atom stereocenters. The lowest BCUT2D eigenvalue weighted by atomic mass is 9.97. The number of aliphatic hydroxyl groups excluding tert-OH is 2. The summed E-state index contributed by atoms with van der Waals surface area (Å²) in [6, 6.07) is 9.18. The summed E-state index contributed by atoms with van der Waals surface area (Å²) in [6.45, 7) is 0.313. The van der Waals surface area contributed by atoms with Gasteiger partial charge in [-0.2, -0.15) is 5.26 Å². The van der Waals surface area contributed by atoms with Crippen LogP contribution >= 0.6 is 11.8 Å². The monoisotopic (exact) mass is 279 g/mol. The SMILES string of the molecule is N#Cc1ccc(S[C@@H]2O[C@@H]3CO[C@H]2[C@H](O)[C@@H]3O)cc1. The van der Waals surface area contributed by atoms with Gasteiger partial charge < -0.3 is 19.7 Å². The molecule has 0 radical (unpaired) electrons. The molecular weight excluding hydrogens is 266 g/mol. The van der Waals surface area contributed by atoms with E-state index in [1.165, 1.54) is 11.8 Å². The Morgan fingerprint density at radius 3 is 2.58 bits per heavy atom. The number of fused-ring (bicyclic) bond motifs is 3. The van der Waals surface area contributed by atoms with Crippen molar-refractivity contribution >= 4 is 11.8 Å². The van der Waals surface area contributed by atoms with Crippen LogP contribution in [0.25, 0.3) is 0 Å². The van der Waals surface area contributed by atoms with Crippen LogP contribution in [0.5, 0.6) is 0 Å². The number of hydrogen-bond donors (Lipinski definition) is 2. The number of nitriles is 1. The Morgan fingerprint density at radius 2 is 1.95 bits per heavy atom. The number of aliphatic hydroxyl groups is 2. The Hall–Kier alpha value is -1.10. The normalized spacial score (nSPS) is 37.0. The average molecular weight is 279 g/mol. The zero-order valence-electron chi connectivity index (χ0n) is 9.97. The van der Waals surface area contributed by atoms with E-state index in [0.717, 1.165) is 4.90 Å². The third-order valence-electron chi connectivity index (χ3n) is 3.33. The summed E-state index contributed by atoms with van der Waals surface area (Å²) in [4.78, 5) is 0.932. The highest BCUT2D eigenvalue weighted by molar-refractivity contribution is 7.99. The Morgan fingerprint density at radius 1 is 1.21 bits per heavy atom. The highest BCUT2D eigenvalue weighted by atomic mass is 32.2. The van der Waals surface area contributed by atoms with Gasteiger partial charge in [-0.25, -0.2) is 0 Å². The molecule has 4 rings (SSSR count). The number of nitrogens with zero attached hydrogens (tertiary/aromatic N) is 1. The quantitative estimate of drug-likeness (QED) is 0.820. The molecule has 0 spiro atoms. The molecular formula is C13H13NO4S. The maximum atomic E-state index is 9.89. The Kier molecular flexibility index (Phi) is 3.48. The number of benzene rings is 1. The highest BCUT2D eigenvalue weighted by Gasteiger charge is 2.50. The summed E-state index contributed by atoms with van der Waals surface area (Å²) in [5, 5.41) is 28.3. The van der Waals surface area contributed by atoms with Gasteiger partial charge in [0.1, 0.15) is 29.9 Å². The fourth-order valence-corrected chi connectivity index (χ4v) is 3.40. The molecule has 2 N–H and O–H groups in total. The van der Waals surface area contributed by atoms with Gasteiger partial charge in [0.2, 0.25) is 0 Å². The molecule has 1 aromatic carbocycles. The predicted octanol–water partition coefficient (Wildman–Crippen LogP) is 0.496. The number of rotatable bonds is 2. The van der Waals surface area contributed by atoms with Gasteiger partial charge >= 0.3 is 0 Å². The Balaban J connectivity index is 1.72. The number of hydrogen-bond acceptors (Lipinski definition) is 6. The molecule has 0 aromatic heterocycles. The lowest BCUT2D eigenvalue weighted by Crippen LogP contribution is -2.63. The fourth-order valence-electron chi connectivity index (χ4n) is 2.26. The largest absolute Gasteiger partial charge is 0.387 e. The van der Waals surface area contributed by atoms with Gasteiger partial charge in [-0.05, 0) is 24.3 Å². The first-order chi connectivity index (χ1) is 9.19. The van der Waals surface area contributed by atoms with E-state index in [-0.39, 0.29) is 5.44 Å². The van der Waals surface area contributed by atoms with Crippen molar-refractivity contribution in [3.63, 3.8) is 0 Å². The molecule has 1 aromatic rings. The average Bonchev–Trinajstić information content (AvgIpc) is 2.45. The van der Waals surface area contributed by atoms with Crippen molar-refractivity contribution < 1.29 is 19.7 Å². The van der Waals surface area contributed by atoms with Gasteiger partial charge in [0.05, 0.1) is 18.2 Å². The van der Waals surface area contributed by atoms with Crippen LogP contribution in [0.15, 0.2) is 29.2 Å². The van der Waals surface area contributed by atoms with E-state index in [0.29, 0.717) is 12.2 Å². The first-order valence-corrected chi connectivity index (χ1v) is 6.87. The molecule has 5 nitrogen and oxygen atoms in total. The molecule has 0 aliphatic carbocycles. The van der Waals surface area contributed by atoms with Gasteiger partial charge in [0.15, 0.2) is 0 Å². The second-order valence-corrected chi connectivity index (χ2v) is 5.75. The third kappa shape index (κ3) is 2.36. The lowest BCUT2D eigenvalue weighted by Gasteiger charge is -2.47. The van der Waals surface area contributed by atoms with Crippen LogP contribution in [0.4, 0.5) is 0 Å². The van der Waals surface area contributed by atoms with E-state index >= 15 is 0 Å². The van der Waals surface area contributed by atoms with Crippen molar-refractivity contribution in [2.75, 3.05) is 6.61 Å². The topological polar surface area (TPSA) is 82.7 Å². The van der Waals surface area contributed by atoms with Gasteiger partial charge in [0, 0.05) is 4.90 Å². The maximum absolute atomic E-state index is 9.89. The molecule has 3 heterocycles. The molecule has 5 atom stereocenters. The molecule has 3 aliphatic rings. The van der Waals surface area contributed by atoms with E-state index in [4.69, 9.17) is 14.7 Å². The summed E-state index contributed by atoms with van der Waals surface area (Å²) in [5.74, 6) is 0. The minimum atomic E-state index is -0.914. The second-order valence-electron chi connectivity index (χ2n) is 4.58. The molecule has 3 saturated heterocycles. The van der Waals surface area contributed by atoms with Crippen LogP contribution in [-0.4, -0.2) is 46.7 Å². The summed E-state index contributed by atoms with van der Waals surface area (Å²) in [6.07, 6.45) is -2.79. The number of thioether (sulfide) groups is 1. The minimum absolute atomic E-state index is 0.313. The van der Waals surface area contributed by atoms with Crippen LogP contribution in [0.1, 0.15) is 5.56 Å². The fraction of sp³-hybridized carbons (Fsp3) is 0.462. The second kappa shape index (κ2) is 5.12. The van der Waals surface area contributed by atoms with E-state index in [9.17, 15) is 10.2 Å². The smallest absolute Gasteiger partial charge is 0.137 e. The molecule has 3 aliphatic heterocycles. The van der Waals surface area contributed by atoms with Crippen molar-refractivity contribution in [3.8, 4) is 6.07 Å². The van der Waals surface area contributed by atoms with E-state index in [2.05, 4.69) is 6.07 Å². The van der Waals surface area contributed by atoms with E-state index < -0.39 is 24.4 Å². The zero-order chi connectivity index (χ0) is 13.4. The highest BCUT2D eigenvalue weighted by Crippen LogP contribution is 2.38. The van der Waals surface area contributed by atoms with Crippen LogP contribution in [0.3, 0.4) is 0 Å². The van der Waals surface area contributed by atoms with Crippen LogP contribution in [-0.2, 0) is 9.47 Å².